The first-order valence-corrected chi connectivity index (χ1v) is 7.34. The third-order valence-corrected chi connectivity index (χ3v) is 5.90. The maximum Gasteiger partial charge on any atom is 0.0882 e. The minimum atomic E-state index is 0.0331. The Bertz CT molecular complexity index is 587. The Morgan fingerprint density at radius 3 is 3.06 bits per heavy atom. The summed E-state index contributed by atoms with van der Waals surface area (Å²) in [6.45, 7) is 0. The Morgan fingerprint density at radius 2 is 2.06 bits per heavy atom. The van der Waals surface area contributed by atoms with Crippen molar-refractivity contribution >= 4 is 14.9 Å². The minimum absolute atomic E-state index is 0.0331. The lowest BCUT2D eigenvalue weighted by molar-refractivity contribution is 0.310. The average Bonchev–Trinajstić information content (AvgIpc) is 2.46. The molecule has 0 saturated heterocycles. The first-order chi connectivity index (χ1) is 8.86. The summed E-state index contributed by atoms with van der Waals surface area (Å²) in [7, 11) is 0.473. The van der Waals surface area contributed by atoms with E-state index in [2.05, 4.69) is 54.6 Å². The van der Waals surface area contributed by atoms with Gasteiger partial charge in [-0.25, -0.2) is 0 Å². The summed E-state index contributed by atoms with van der Waals surface area (Å²) in [4.78, 5) is 0. The molecule has 0 amide bonds. The number of fused-ring (bicyclic) bond motifs is 1. The molecule has 0 bridgehead atoms. The van der Waals surface area contributed by atoms with Gasteiger partial charge in [0.1, 0.15) is 0 Å². The van der Waals surface area contributed by atoms with Gasteiger partial charge in [-0.05, 0) is 30.0 Å². The van der Waals surface area contributed by atoms with E-state index in [4.69, 9.17) is 4.52 Å². The first-order valence-electron chi connectivity index (χ1n) is 6.43. The molecule has 1 aliphatic heterocycles. The molecule has 0 radical (unpaired) electrons. The smallest absolute Gasteiger partial charge is 0.0882 e. The standard InChI is InChI=1S/C16H15OP/c1-2-6-14-13(5-1)7-10-15-8-3-4-9-16(14,15)18-17-12-11-15/h1-2,4-7,9-12,18H,3,8H2. The van der Waals surface area contributed by atoms with Crippen LogP contribution >= 0.6 is 8.81 Å². The second-order valence-corrected chi connectivity index (χ2v) is 6.46. The zero-order valence-corrected chi connectivity index (χ0v) is 11.1. The molecule has 0 aromatic heterocycles. The van der Waals surface area contributed by atoms with Gasteiger partial charge in [0, 0.05) is 5.41 Å². The van der Waals surface area contributed by atoms with Crippen molar-refractivity contribution < 1.29 is 4.52 Å². The van der Waals surface area contributed by atoms with Gasteiger partial charge in [0.25, 0.3) is 0 Å². The molecule has 3 atom stereocenters. The number of rotatable bonds is 0. The van der Waals surface area contributed by atoms with Crippen molar-refractivity contribution in [1.29, 1.82) is 0 Å². The van der Waals surface area contributed by atoms with Gasteiger partial charge in [-0.2, -0.15) is 0 Å². The van der Waals surface area contributed by atoms with E-state index in [-0.39, 0.29) is 10.6 Å². The van der Waals surface area contributed by atoms with Crippen LogP contribution in [0.4, 0.5) is 0 Å². The normalized spacial score (nSPS) is 36.7. The highest BCUT2D eigenvalue weighted by molar-refractivity contribution is 7.34. The monoisotopic (exact) mass is 254 g/mol. The van der Waals surface area contributed by atoms with Crippen molar-refractivity contribution in [2.24, 2.45) is 5.41 Å². The van der Waals surface area contributed by atoms with Crippen LogP contribution in [0.1, 0.15) is 24.0 Å². The summed E-state index contributed by atoms with van der Waals surface area (Å²) in [6.07, 6.45) is 15.9. The molecule has 2 heteroatoms. The Kier molecular flexibility index (Phi) is 2.11. The molecule has 4 rings (SSSR count). The van der Waals surface area contributed by atoms with Gasteiger partial charge in [-0.1, -0.05) is 48.6 Å². The van der Waals surface area contributed by atoms with Gasteiger partial charge in [-0.3, -0.25) is 0 Å². The molecule has 18 heavy (non-hydrogen) atoms. The molecule has 1 aromatic rings. The second-order valence-electron chi connectivity index (χ2n) is 5.23. The fourth-order valence-corrected chi connectivity index (χ4v) is 4.79. The van der Waals surface area contributed by atoms with Crippen LogP contribution in [0.25, 0.3) is 6.08 Å². The van der Waals surface area contributed by atoms with E-state index in [1.54, 1.807) is 0 Å². The van der Waals surface area contributed by atoms with Crippen LogP contribution in [0.2, 0.25) is 0 Å². The molecule has 0 fully saturated rings. The molecular weight excluding hydrogens is 239 g/mol. The van der Waals surface area contributed by atoms with Crippen molar-refractivity contribution in [1.82, 2.24) is 0 Å². The largest absolute Gasteiger partial charge is 0.484 e. The van der Waals surface area contributed by atoms with E-state index in [0.717, 1.165) is 6.42 Å². The summed E-state index contributed by atoms with van der Waals surface area (Å²) in [5, 5.41) is 0.0331. The van der Waals surface area contributed by atoms with Gasteiger partial charge in [-0.15, -0.1) is 0 Å². The molecule has 90 valence electrons. The zero-order valence-electron chi connectivity index (χ0n) is 10.1. The highest BCUT2D eigenvalue weighted by Crippen LogP contribution is 2.65. The predicted molar refractivity (Wildman–Crippen MR) is 76.5 cm³/mol. The molecular formula is C16H15OP. The highest BCUT2D eigenvalue weighted by atomic mass is 31.1. The molecule has 2 aliphatic carbocycles. The lowest BCUT2D eigenvalue weighted by Gasteiger charge is -2.51. The molecule has 1 heterocycles. The van der Waals surface area contributed by atoms with E-state index in [1.165, 1.54) is 17.5 Å². The van der Waals surface area contributed by atoms with E-state index in [1.807, 2.05) is 6.26 Å². The Balaban J connectivity index is 2.05. The van der Waals surface area contributed by atoms with Crippen molar-refractivity contribution in [3.05, 3.63) is 66.0 Å². The van der Waals surface area contributed by atoms with Crippen LogP contribution in [-0.2, 0) is 9.68 Å². The fraction of sp³-hybridized carbons (Fsp3) is 0.250. The van der Waals surface area contributed by atoms with Crippen LogP contribution in [0.3, 0.4) is 0 Å². The lowest BCUT2D eigenvalue weighted by atomic mass is 9.62. The zero-order chi connectivity index (χ0) is 12.1. The van der Waals surface area contributed by atoms with Gasteiger partial charge in [0.2, 0.25) is 0 Å². The third kappa shape index (κ3) is 1.16. The molecule has 3 unspecified atom stereocenters. The molecule has 1 aromatic carbocycles. The van der Waals surface area contributed by atoms with Crippen LogP contribution in [0, 0.1) is 5.41 Å². The topological polar surface area (TPSA) is 9.23 Å². The van der Waals surface area contributed by atoms with Crippen molar-refractivity contribution in [2.75, 3.05) is 0 Å². The maximum absolute atomic E-state index is 5.71. The SMILES string of the molecule is C1=CC23POC=CC2(C=Cc2ccccc23)CC1. The van der Waals surface area contributed by atoms with Gasteiger partial charge >= 0.3 is 0 Å². The number of hydrogen-bond acceptors (Lipinski definition) is 1. The lowest BCUT2D eigenvalue weighted by Crippen LogP contribution is -2.43. The predicted octanol–water partition coefficient (Wildman–Crippen LogP) is 4.38. The van der Waals surface area contributed by atoms with Crippen LogP contribution in [0.15, 0.2) is 54.8 Å². The number of hydrogen-bond donors (Lipinski definition) is 0. The van der Waals surface area contributed by atoms with E-state index in [0.29, 0.717) is 8.81 Å². The van der Waals surface area contributed by atoms with Crippen LogP contribution in [-0.4, -0.2) is 0 Å². The van der Waals surface area contributed by atoms with E-state index >= 15 is 0 Å². The van der Waals surface area contributed by atoms with Crippen molar-refractivity contribution in [3.63, 3.8) is 0 Å². The third-order valence-electron chi connectivity index (χ3n) is 4.43. The summed E-state index contributed by atoms with van der Waals surface area (Å²) in [5.74, 6) is 0. The second kappa shape index (κ2) is 3.59. The van der Waals surface area contributed by atoms with Gasteiger partial charge in [0.15, 0.2) is 0 Å². The Hall–Kier alpha value is -1.33. The van der Waals surface area contributed by atoms with Crippen LogP contribution in [0.5, 0.6) is 0 Å². The molecule has 1 nitrogen and oxygen atoms in total. The van der Waals surface area contributed by atoms with Crippen molar-refractivity contribution in [2.45, 2.75) is 18.0 Å². The fourth-order valence-electron chi connectivity index (χ4n) is 3.47. The minimum Gasteiger partial charge on any atom is -0.484 e. The number of allylic oxidation sites excluding steroid dienone is 4. The van der Waals surface area contributed by atoms with E-state index in [9.17, 15) is 0 Å². The molecule has 3 aliphatic rings. The van der Waals surface area contributed by atoms with Crippen LogP contribution < -0.4 is 0 Å². The molecule has 0 saturated carbocycles. The Labute approximate surface area is 109 Å². The Morgan fingerprint density at radius 1 is 1.11 bits per heavy atom. The molecule has 0 spiro atoms. The first kappa shape index (κ1) is 10.6. The average molecular weight is 254 g/mol. The maximum atomic E-state index is 5.71. The number of benzene rings is 1. The van der Waals surface area contributed by atoms with Crippen molar-refractivity contribution in [3.8, 4) is 0 Å². The van der Waals surface area contributed by atoms with Gasteiger partial charge in [0.05, 0.1) is 20.2 Å². The summed E-state index contributed by atoms with van der Waals surface area (Å²) in [5.41, 5.74) is 2.89. The highest BCUT2D eigenvalue weighted by Gasteiger charge is 2.53. The summed E-state index contributed by atoms with van der Waals surface area (Å²) in [6, 6.07) is 8.72. The summed E-state index contributed by atoms with van der Waals surface area (Å²) < 4.78 is 5.71. The molecule has 0 N–H and O–H groups in total. The van der Waals surface area contributed by atoms with Gasteiger partial charge < -0.3 is 4.52 Å². The van der Waals surface area contributed by atoms with E-state index < -0.39 is 0 Å². The summed E-state index contributed by atoms with van der Waals surface area (Å²) >= 11 is 0. The quantitative estimate of drug-likeness (QED) is 0.493.